The predicted molar refractivity (Wildman–Crippen MR) is 128 cm³/mol. The summed E-state index contributed by atoms with van der Waals surface area (Å²) < 4.78 is 24.0. The molecule has 31 heavy (non-hydrogen) atoms. The third-order valence-corrected chi connectivity index (χ3v) is 8.45. The van der Waals surface area contributed by atoms with E-state index in [9.17, 15) is 13.5 Å². The molecule has 164 valence electrons. The van der Waals surface area contributed by atoms with Crippen LogP contribution < -0.4 is 0 Å². The summed E-state index contributed by atoms with van der Waals surface area (Å²) in [5.41, 5.74) is 3.92. The van der Waals surface area contributed by atoms with Crippen molar-refractivity contribution in [3.8, 4) is 0 Å². The molecule has 0 saturated heterocycles. The van der Waals surface area contributed by atoms with E-state index in [1.165, 1.54) is 11.1 Å². The second-order valence-corrected chi connectivity index (χ2v) is 12.1. The molecule has 4 heteroatoms. The van der Waals surface area contributed by atoms with Crippen molar-refractivity contribution in [2.24, 2.45) is 0 Å². The summed E-state index contributed by atoms with van der Waals surface area (Å²) in [6.07, 6.45) is 1.76. The van der Waals surface area contributed by atoms with Gasteiger partial charge in [-0.05, 0) is 68.4 Å². The van der Waals surface area contributed by atoms with Crippen LogP contribution in [0.25, 0.3) is 0 Å². The van der Waals surface area contributed by atoms with Gasteiger partial charge >= 0.3 is 0 Å². The Morgan fingerprint density at radius 3 is 1.55 bits per heavy atom. The standard InChI is InChI=1S/C27H32O3S/c1-26(2,3)31(29,30)20-23-14-12-21(13-15-23)10-11-22-16-18-25(19-17-22)27(4,28)24-8-6-5-7-9-24/h5-9,12-19,28H,10-11,20H2,1-4H3. The Kier molecular flexibility index (Phi) is 6.73. The van der Waals surface area contributed by atoms with Gasteiger partial charge in [0.05, 0.1) is 10.5 Å². The van der Waals surface area contributed by atoms with Crippen LogP contribution in [0.1, 0.15) is 55.5 Å². The number of rotatable bonds is 7. The predicted octanol–water partition coefficient (Wildman–Crippen LogP) is 5.44. The van der Waals surface area contributed by atoms with Crippen LogP contribution in [0.4, 0.5) is 0 Å². The largest absolute Gasteiger partial charge is 0.381 e. The first-order valence-corrected chi connectivity index (χ1v) is 12.3. The molecule has 1 unspecified atom stereocenters. The van der Waals surface area contributed by atoms with E-state index in [0.29, 0.717) is 0 Å². The maximum absolute atomic E-state index is 12.4. The zero-order valence-electron chi connectivity index (χ0n) is 18.8. The first-order valence-electron chi connectivity index (χ1n) is 10.7. The SMILES string of the molecule is CC(O)(c1ccccc1)c1ccc(CCc2ccc(CS(=O)(=O)C(C)(C)C)cc2)cc1. The number of sulfone groups is 1. The molecule has 0 spiro atoms. The average Bonchev–Trinajstić information content (AvgIpc) is 2.73. The Hall–Kier alpha value is -2.43. The van der Waals surface area contributed by atoms with E-state index < -0.39 is 20.2 Å². The zero-order valence-corrected chi connectivity index (χ0v) is 19.6. The minimum atomic E-state index is -3.18. The molecule has 3 rings (SSSR count). The van der Waals surface area contributed by atoms with Crippen LogP contribution >= 0.6 is 0 Å². The summed E-state index contributed by atoms with van der Waals surface area (Å²) in [5, 5.41) is 11.0. The topological polar surface area (TPSA) is 54.4 Å². The fraction of sp³-hybridized carbons (Fsp3) is 0.333. The van der Waals surface area contributed by atoms with Crippen molar-refractivity contribution in [2.75, 3.05) is 0 Å². The van der Waals surface area contributed by atoms with Crippen LogP contribution in [0.5, 0.6) is 0 Å². The third kappa shape index (κ3) is 5.63. The van der Waals surface area contributed by atoms with Crippen LogP contribution in [0.15, 0.2) is 78.9 Å². The molecule has 0 radical (unpaired) electrons. The van der Waals surface area contributed by atoms with Gasteiger partial charge in [0, 0.05) is 0 Å². The second kappa shape index (κ2) is 8.97. The normalized spacial score (nSPS) is 14.2. The Balaban J connectivity index is 1.62. The maximum atomic E-state index is 12.4. The summed E-state index contributed by atoms with van der Waals surface area (Å²) in [6.45, 7) is 7.03. The lowest BCUT2D eigenvalue weighted by molar-refractivity contribution is 0.102. The molecule has 0 amide bonds. The maximum Gasteiger partial charge on any atom is 0.159 e. The molecule has 0 aromatic heterocycles. The molecule has 3 aromatic carbocycles. The van der Waals surface area contributed by atoms with Crippen LogP contribution in [-0.4, -0.2) is 18.3 Å². The van der Waals surface area contributed by atoms with Crippen molar-refractivity contribution in [3.63, 3.8) is 0 Å². The summed E-state index contributed by atoms with van der Waals surface area (Å²) in [6, 6.07) is 25.7. The number of hydrogen-bond acceptors (Lipinski definition) is 3. The van der Waals surface area contributed by atoms with Crippen molar-refractivity contribution in [3.05, 3.63) is 107 Å². The smallest absolute Gasteiger partial charge is 0.159 e. The van der Waals surface area contributed by atoms with Gasteiger partial charge < -0.3 is 5.11 Å². The van der Waals surface area contributed by atoms with Crippen molar-refractivity contribution in [2.45, 2.75) is 56.6 Å². The molecule has 0 aliphatic carbocycles. The summed E-state index contributed by atoms with van der Waals surface area (Å²) in [5.74, 6) is 0.0690. The first kappa shape index (κ1) is 23.2. The quantitative estimate of drug-likeness (QED) is 0.536. The fourth-order valence-corrected chi connectivity index (χ4v) is 4.52. The fourth-order valence-electron chi connectivity index (χ4n) is 3.45. The highest BCUT2D eigenvalue weighted by atomic mass is 32.2. The van der Waals surface area contributed by atoms with E-state index in [2.05, 4.69) is 12.1 Å². The third-order valence-electron chi connectivity index (χ3n) is 5.87. The number of aliphatic hydroxyl groups is 1. The average molecular weight is 437 g/mol. The highest BCUT2D eigenvalue weighted by molar-refractivity contribution is 7.91. The van der Waals surface area contributed by atoms with Crippen LogP contribution in [-0.2, 0) is 34.0 Å². The summed E-state index contributed by atoms with van der Waals surface area (Å²) in [4.78, 5) is 0. The highest BCUT2D eigenvalue weighted by Crippen LogP contribution is 2.29. The van der Waals surface area contributed by atoms with E-state index >= 15 is 0 Å². The Morgan fingerprint density at radius 2 is 1.06 bits per heavy atom. The minimum Gasteiger partial charge on any atom is -0.381 e. The number of hydrogen-bond donors (Lipinski definition) is 1. The van der Waals surface area contributed by atoms with Gasteiger partial charge in [-0.25, -0.2) is 8.42 Å². The zero-order chi connectivity index (χ0) is 22.7. The molecule has 0 aliphatic rings. The van der Waals surface area contributed by atoms with Gasteiger partial charge in [0.1, 0.15) is 5.60 Å². The molecule has 3 aromatic rings. The molecular weight excluding hydrogens is 404 g/mol. The molecule has 0 bridgehead atoms. The van der Waals surface area contributed by atoms with Crippen molar-refractivity contribution in [1.82, 2.24) is 0 Å². The Bertz CT molecular complexity index is 1090. The molecule has 3 nitrogen and oxygen atoms in total. The minimum absolute atomic E-state index is 0.0690. The number of benzene rings is 3. The van der Waals surface area contributed by atoms with Gasteiger partial charge in [0.25, 0.3) is 0 Å². The van der Waals surface area contributed by atoms with Gasteiger partial charge in [-0.15, -0.1) is 0 Å². The highest BCUT2D eigenvalue weighted by Gasteiger charge is 2.29. The Morgan fingerprint density at radius 1 is 0.645 bits per heavy atom. The van der Waals surface area contributed by atoms with E-state index in [4.69, 9.17) is 0 Å². The van der Waals surface area contributed by atoms with Gasteiger partial charge in [-0.3, -0.25) is 0 Å². The first-order chi connectivity index (χ1) is 14.5. The van der Waals surface area contributed by atoms with E-state index in [-0.39, 0.29) is 5.75 Å². The molecule has 1 atom stereocenters. The second-order valence-electron chi connectivity index (χ2n) is 9.32. The molecule has 0 aliphatic heterocycles. The molecule has 1 N–H and O–H groups in total. The van der Waals surface area contributed by atoms with Gasteiger partial charge in [0.15, 0.2) is 9.84 Å². The molecular formula is C27H32O3S. The van der Waals surface area contributed by atoms with Gasteiger partial charge in [0.2, 0.25) is 0 Å². The van der Waals surface area contributed by atoms with Gasteiger partial charge in [-0.1, -0.05) is 78.9 Å². The van der Waals surface area contributed by atoms with E-state index in [1.807, 2.05) is 73.7 Å². The molecule has 0 heterocycles. The van der Waals surface area contributed by atoms with E-state index in [0.717, 1.165) is 29.5 Å². The van der Waals surface area contributed by atoms with Gasteiger partial charge in [-0.2, -0.15) is 0 Å². The number of aryl methyl sites for hydroxylation is 2. The van der Waals surface area contributed by atoms with Crippen molar-refractivity contribution in [1.29, 1.82) is 0 Å². The lowest BCUT2D eigenvalue weighted by Gasteiger charge is -2.24. The van der Waals surface area contributed by atoms with E-state index in [1.54, 1.807) is 20.8 Å². The summed E-state index contributed by atoms with van der Waals surface area (Å²) in [7, 11) is -3.18. The Labute approximate surface area is 186 Å². The lowest BCUT2D eigenvalue weighted by atomic mass is 9.87. The van der Waals surface area contributed by atoms with Crippen LogP contribution in [0, 0.1) is 0 Å². The molecule has 0 saturated carbocycles. The van der Waals surface area contributed by atoms with Crippen LogP contribution in [0.2, 0.25) is 0 Å². The lowest BCUT2D eigenvalue weighted by Crippen LogP contribution is -2.29. The van der Waals surface area contributed by atoms with Crippen molar-refractivity contribution < 1.29 is 13.5 Å². The van der Waals surface area contributed by atoms with Crippen molar-refractivity contribution >= 4 is 9.84 Å². The monoisotopic (exact) mass is 436 g/mol. The summed E-state index contributed by atoms with van der Waals surface area (Å²) >= 11 is 0. The van der Waals surface area contributed by atoms with Crippen LogP contribution in [0.3, 0.4) is 0 Å². The molecule has 0 fully saturated rings.